The lowest BCUT2D eigenvalue weighted by molar-refractivity contribution is 0.203. The number of benzene rings is 1. The average Bonchev–Trinajstić information content (AvgIpc) is 2.76. The highest BCUT2D eigenvalue weighted by Gasteiger charge is 2.22. The second-order valence-corrected chi connectivity index (χ2v) is 5.28. The number of para-hydroxylation sites is 1. The Morgan fingerprint density at radius 1 is 1.33 bits per heavy atom. The second kappa shape index (κ2) is 4.32. The summed E-state index contributed by atoms with van der Waals surface area (Å²) < 4.78 is 5.43. The lowest BCUT2D eigenvalue weighted by atomic mass is 10.0. The number of hydrogen-bond donors (Lipinski definition) is 1. The first-order chi connectivity index (χ1) is 8.70. The Morgan fingerprint density at radius 3 is 2.89 bits per heavy atom. The topological polar surface area (TPSA) is 28.3 Å². The number of fused-ring (bicyclic) bond motifs is 3. The summed E-state index contributed by atoms with van der Waals surface area (Å²) in [6, 6.07) is 6.89. The molecule has 3 rings (SSSR count). The normalized spacial score (nSPS) is 16.2. The van der Waals surface area contributed by atoms with Crippen LogP contribution in [0.15, 0.2) is 18.2 Å². The summed E-state index contributed by atoms with van der Waals surface area (Å²) in [4.78, 5) is 6.07. The van der Waals surface area contributed by atoms with Crippen LogP contribution in [0.4, 0.5) is 0 Å². The predicted molar refractivity (Wildman–Crippen MR) is 74.1 cm³/mol. The molecule has 1 aliphatic rings. The maximum absolute atomic E-state index is 5.43. The van der Waals surface area contributed by atoms with Crippen molar-refractivity contribution in [2.45, 2.75) is 32.9 Å². The minimum atomic E-state index is 0.605. The smallest absolute Gasteiger partial charge is 0.142 e. The van der Waals surface area contributed by atoms with Gasteiger partial charge in [-0.1, -0.05) is 12.1 Å². The monoisotopic (exact) mass is 244 g/mol. The molecule has 96 valence electrons. The van der Waals surface area contributed by atoms with E-state index in [4.69, 9.17) is 4.74 Å². The highest BCUT2D eigenvalue weighted by Crippen LogP contribution is 2.33. The van der Waals surface area contributed by atoms with Gasteiger partial charge in [-0.3, -0.25) is 4.90 Å². The molecule has 18 heavy (non-hydrogen) atoms. The zero-order valence-electron chi connectivity index (χ0n) is 11.3. The van der Waals surface area contributed by atoms with Crippen LogP contribution in [0.3, 0.4) is 0 Å². The van der Waals surface area contributed by atoms with Crippen molar-refractivity contribution in [1.29, 1.82) is 0 Å². The molecule has 0 radical (unpaired) electrons. The summed E-state index contributed by atoms with van der Waals surface area (Å²) in [6.07, 6.45) is 1.10. The number of ether oxygens (including phenoxy) is 1. The summed E-state index contributed by atoms with van der Waals surface area (Å²) in [7, 11) is 1.73. The number of H-pyrrole nitrogens is 1. The molecular formula is C15H20N2O. The fourth-order valence-electron chi connectivity index (χ4n) is 2.84. The molecule has 0 spiro atoms. The second-order valence-electron chi connectivity index (χ2n) is 5.28. The van der Waals surface area contributed by atoms with Gasteiger partial charge in [-0.05, 0) is 25.5 Å². The van der Waals surface area contributed by atoms with Gasteiger partial charge in [-0.25, -0.2) is 0 Å². The van der Waals surface area contributed by atoms with E-state index in [1.54, 1.807) is 7.11 Å². The molecule has 1 aromatic heterocycles. The van der Waals surface area contributed by atoms with Crippen LogP contribution >= 0.6 is 0 Å². The lowest BCUT2D eigenvalue weighted by Gasteiger charge is -2.30. The summed E-state index contributed by atoms with van der Waals surface area (Å²) in [5.74, 6) is 0.943. The third-order valence-corrected chi connectivity index (χ3v) is 3.95. The third-order valence-electron chi connectivity index (χ3n) is 3.95. The fourth-order valence-corrected chi connectivity index (χ4v) is 2.84. The van der Waals surface area contributed by atoms with Crippen molar-refractivity contribution in [1.82, 2.24) is 9.88 Å². The van der Waals surface area contributed by atoms with Crippen molar-refractivity contribution in [2.75, 3.05) is 13.7 Å². The number of aromatic nitrogens is 1. The summed E-state index contributed by atoms with van der Waals surface area (Å²) >= 11 is 0. The Labute approximate surface area is 108 Å². The van der Waals surface area contributed by atoms with Crippen molar-refractivity contribution in [3.63, 3.8) is 0 Å². The number of rotatable bonds is 2. The molecule has 1 aromatic carbocycles. The molecule has 1 N–H and O–H groups in total. The van der Waals surface area contributed by atoms with E-state index < -0.39 is 0 Å². The van der Waals surface area contributed by atoms with E-state index in [9.17, 15) is 0 Å². The largest absolute Gasteiger partial charge is 0.495 e. The van der Waals surface area contributed by atoms with E-state index in [1.165, 1.54) is 16.6 Å². The van der Waals surface area contributed by atoms with Gasteiger partial charge < -0.3 is 9.72 Å². The molecule has 0 amide bonds. The van der Waals surface area contributed by atoms with E-state index >= 15 is 0 Å². The zero-order valence-corrected chi connectivity index (χ0v) is 11.3. The first-order valence-corrected chi connectivity index (χ1v) is 6.61. The van der Waals surface area contributed by atoms with E-state index in [1.807, 2.05) is 6.07 Å². The highest BCUT2D eigenvalue weighted by atomic mass is 16.5. The van der Waals surface area contributed by atoms with Crippen molar-refractivity contribution in [2.24, 2.45) is 0 Å². The Bertz CT molecular complexity index is 571. The molecule has 0 atom stereocenters. The summed E-state index contributed by atoms with van der Waals surface area (Å²) in [6.45, 7) is 6.71. The molecule has 0 bridgehead atoms. The van der Waals surface area contributed by atoms with Crippen LogP contribution in [0.2, 0.25) is 0 Å². The number of methoxy groups -OCH3 is 1. The fraction of sp³-hybridized carbons (Fsp3) is 0.467. The van der Waals surface area contributed by atoms with E-state index in [2.05, 4.69) is 35.9 Å². The molecule has 3 heteroatoms. The molecule has 1 aliphatic heterocycles. The van der Waals surface area contributed by atoms with E-state index in [-0.39, 0.29) is 0 Å². The third kappa shape index (κ3) is 1.70. The van der Waals surface area contributed by atoms with Gasteiger partial charge in [0.05, 0.1) is 12.6 Å². The van der Waals surface area contributed by atoms with Crippen LogP contribution in [-0.2, 0) is 13.0 Å². The standard InChI is InChI=1S/C15H20N2O/c1-10(2)17-8-7-13-12(9-17)11-5-4-6-14(18-3)15(11)16-13/h4-6,10,16H,7-9H2,1-3H3. The van der Waals surface area contributed by atoms with Crippen molar-refractivity contribution >= 4 is 10.9 Å². The number of nitrogens with zero attached hydrogens (tertiary/aromatic N) is 1. The maximum Gasteiger partial charge on any atom is 0.142 e. The predicted octanol–water partition coefficient (Wildman–Crippen LogP) is 2.94. The summed E-state index contributed by atoms with van der Waals surface area (Å²) in [5.41, 5.74) is 3.98. The molecule has 0 aliphatic carbocycles. The molecular weight excluding hydrogens is 224 g/mol. The Hall–Kier alpha value is -1.48. The van der Waals surface area contributed by atoms with Crippen LogP contribution in [0.25, 0.3) is 10.9 Å². The van der Waals surface area contributed by atoms with Crippen LogP contribution in [-0.4, -0.2) is 29.6 Å². The van der Waals surface area contributed by atoms with E-state index in [0.29, 0.717) is 6.04 Å². The first kappa shape index (κ1) is 11.6. The van der Waals surface area contributed by atoms with Gasteiger partial charge in [0.25, 0.3) is 0 Å². The molecule has 3 nitrogen and oxygen atoms in total. The van der Waals surface area contributed by atoms with Crippen molar-refractivity contribution in [3.8, 4) is 5.75 Å². The Kier molecular flexibility index (Phi) is 2.78. The summed E-state index contributed by atoms with van der Waals surface area (Å²) in [5, 5.41) is 1.31. The molecule has 0 saturated heterocycles. The highest BCUT2D eigenvalue weighted by molar-refractivity contribution is 5.89. The van der Waals surface area contributed by atoms with Crippen molar-refractivity contribution < 1.29 is 4.74 Å². The molecule has 2 aromatic rings. The van der Waals surface area contributed by atoms with Crippen LogP contribution in [0.5, 0.6) is 5.75 Å². The number of hydrogen-bond acceptors (Lipinski definition) is 2. The van der Waals surface area contributed by atoms with Crippen LogP contribution < -0.4 is 4.74 Å². The van der Waals surface area contributed by atoms with Crippen molar-refractivity contribution in [3.05, 3.63) is 29.5 Å². The average molecular weight is 244 g/mol. The van der Waals surface area contributed by atoms with Gasteiger partial charge in [0, 0.05) is 36.6 Å². The van der Waals surface area contributed by atoms with Gasteiger partial charge in [-0.2, -0.15) is 0 Å². The Morgan fingerprint density at radius 2 is 2.17 bits per heavy atom. The first-order valence-electron chi connectivity index (χ1n) is 6.61. The minimum Gasteiger partial charge on any atom is -0.495 e. The number of nitrogens with one attached hydrogen (secondary N) is 1. The van der Waals surface area contributed by atoms with Gasteiger partial charge in [0.1, 0.15) is 5.75 Å². The zero-order chi connectivity index (χ0) is 12.7. The van der Waals surface area contributed by atoms with Gasteiger partial charge in [0.2, 0.25) is 0 Å². The minimum absolute atomic E-state index is 0.605. The molecule has 2 heterocycles. The van der Waals surface area contributed by atoms with Gasteiger partial charge in [0.15, 0.2) is 0 Å². The quantitative estimate of drug-likeness (QED) is 0.879. The molecule has 0 unspecified atom stereocenters. The van der Waals surface area contributed by atoms with Gasteiger partial charge in [-0.15, -0.1) is 0 Å². The Balaban J connectivity index is 2.11. The van der Waals surface area contributed by atoms with E-state index in [0.717, 1.165) is 30.8 Å². The van der Waals surface area contributed by atoms with Crippen LogP contribution in [0.1, 0.15) is 25.1 Å². The van der Waals surface area contributed by atoms with Crippen LogP contribution in [0, 0.1) is 0 Å². The SMILES string of the molecule is COc1cccc2c3c([nH]c12)CCN(C(C)C)C3. The molecule has 0 saturated carbocycles. The maximum atomic E-state index is 5.43. The van der Waals surface area contributed by atoms with Gasteiger partial charge >= 0.3 is 0 Å². The molecule has 0 fully saturated rings. The number of aromatic amines is 1. The lowest BCUT2D eigenvalue weighted by Crippen LogP contribution is -2.35.